The van der Waals surface area contributed by atoms with Crippen LogP contribution in [0.2, 0.25) is 0 Å². The molecule has 0 saturated carbocycles. The van der Waals surface area contributed by atoms with Crippen LogP contribution in [0.5, 0.6) is 0 Å². The smallest absolute Gasteiger partial charge is 0.407 e. The average Bonchev–Trinajstić information content (AvgIpc) is 4.22. The summed E-state index contributed by atoms with van der Waals surface area (Å²) in [5.74, 6) is -0.266. The van der Waals surface area contributed by atoms with Crippen molar-refractivity contribution in [1.82, 2.24) is 40.4 Å². The number of carbonyl (C=O) groups excluding carboxylic acids is 4. The van der Waals surface area contributed by atoms with Gasteiger partial charge >= 0.3 is 17.8 Å². The summed E-state index contributed by atoms with van der Waals surface area (Å²) in [6.45, 7) is 14.4. The summed E-state index contributed by atoms with van der Waals surface area (Å²) in [5.41, 5.74) is 6.46. The zero-order chi connectivity index (χ0) is 54.9. The van der Waals surface area contributed by atoms with Crippen LogP contribution in [-0.4, -0.2) is 84.6 Å². The summed E-state index contributed by atoms with van der Waals surface area (Å²) >= 11 is 2.95. The molecule has 6 aromatic rings. The lowest BCUT2D eigenvalue weighted by atomic mass is 9.93. The molecule has 1 aliphatic rings. The lowest BCUT2D eigenvalue weighted by Gasteiger charge is -2.30. The molecule has 7 rings (SSSR count). The number of rotatable bonds is 22. The number of nitrogens with one attached hydrogen (secondary N) is 4. The number of nitrogens with zero attached hydrogens (tertiary/aromatic N) is 4. The number of hydrogen-bond acceptors (Lipinski definition) is 12. The Morgan fingerprint density at radius 1 is 0.882 bits per heavy atom. The SMILES string of the molecule is CC(C)c1nc(CN(C)C(=O)N[C@H](C(=O)N[C@@H](Cc2ccccc2)C[C@H](O)[C@H](Cc2ccccc2)NC(=O)OCc2cncs2)C(C)C)cs1.CCc1c(C(=O)c2cc(C)cc(C)c2)n(CC2CC=CC2)c(=O)[nH]c1=O. The fraction of sp³-hybridized carbons (Fsp3) is 0.414. The third kappa shape index (κ3) is 17.0. The third-order valence-electron chi connectivity index (χ3n) is 13.0. The van der Waals surface area contributed by atoms with E-state index < -0.39 is 41.6 Å². The first kappa shape index (κ1) is 58.2. The number of aromatic nitrogens is 4. The molecular formula is C58H72N8O8S2. The lowest BCUT2D eigenvalue weighted by Crippen LogP contribution is -2.55. The summed E-state index contributed by atoms with van der Waals surface area (Å²) in [4.78, 5) is 91.5. The van der Waals surface area contributed by atoms with Gasteiger partial charge in [0.1, 0.15) is 18.3 Å². The number of benzene rings is 3. The van der Waals surface area contributed by atoms with Crippen LogP contribution in [0.15, 0.2) is 118 Å². The Morgan fingerprint density at radius 2 is 1.53 bits per heavy atom. The van der Waals surface area contributed by atoms with Gasteiger partial charge < -0.3 is 30.7 Å². The number of amides is 4. The van der Waals surface area contributed by atoms with Crippen LogP contribution in [0.4, 0.5) is 9.59 Å². The summed E-state index contributed by atoms with van der Waals surface area (Å²) in [5, 5.41) is 23.5. The van der Waals surface area contributed by atoms with Gasteiger partial charge in [0.2, 0.25) is 11.7 Å². The maximum atomic E-state index is 13.9. The molecule has 4 amide bonds. The molecule has 16 nitrogen and oxygen atoms in total. The van der Waals surface area contributed by atoms with Crippen molar-refractivity contribution >= 4 is 46.5 Å². The van der Waals surface area contributed by atoms with E-state index in [1.165, 1.54) is 20.8 Å². The molecule has 404 valence electrons. The van der Waals surface area contributed by atoms with Gasteiger partial charge in [-0.2, -0.15) is 0 Å². The van der Waals surface area contributed by atoms with E-state index in [0.717, 1.165) is 50.7 Å². The highest BCUT2D eigenvalue weighted by molar-refractivity contribution is 7.09. The van der Waals surface area contributed by atoms with Gasteiger partial charge in [-0.1, -0.05) is 125 Å². The quantitative estimate of drug-likeness (QED) is 0.0321. The van der Waals surface area contributed by atoms with E-state index >= 15 is 0 Å². The second-order valence-corrected chi connectivity index (χ2v) is 22.0. The van der Waals surface area contributed by atoms with Crippen molar-refractivity contribution in [2.75, 3.05) is 7.05 Å². The van der Waals surface area contributed by atoms with Crippen molar-refractivity contribution in [2.24, 2.45) is 11.8 Å². The number of urea groups is 1. The van der Waals surface area contributed by atoms with E-state index in [1.807, 2.05) is 119 Å². The van der Waals surface area contributed by atoms with Gasteiger partial charge in [-0.05, 0) is 87.5 Å². The van der Waals surface area contributed by atoms with Crippen molar-refractivity contribution in [3.8, 4) is 0 Å². The molecule has 0 saturated heterocycles. The number of carbonyl (C=O) groups is 4. The number of alkyl carbamates (subject to hydrolysis) is 1. The molecule has 4 atom stereocenters. The Balaban J connectivity index is 0.000000301. The van der Waals surface area contributed by atoms with Gasteiger partial charge in [-0.3, -0.25) is 28.9 Å². The predicted octanol–water partition coefficient (Wildman–Crippen LogP) is 8.82. The van der Waals surface area contributed by atoms with Crippen LogP contribution in [0, 0.1) is 25.7 Å². The zero-order valence-electron chi connectivity index (χ0n) is 44.7. The maximum Gasteiger partial charge on any atom is 0.407 e. The van der Waals surface area contributed by atoms with E-state index in [1.54, 1.807) is 30.1 Å². The normalized spacial score (nSPS) is 13.8. The topological polar surface area (TPSA) is 218 Å². The summed E-state index contributed by atoms with van der Waals surface area (Å²) in [6.07, 6.45) is 7.17. The molecule has 0 fully saturated rings. The Bertz CT molecular complexity index is 2980. The zero-order valence-corrected chi connectivity index (χ0v) is 46.3. The third-order valence-corrected chi connectivity index (χ3v) is 15.0. The Labute approximate surface area is 453 Å². The van der Waals surface area contributed by atoms with E-state index in [2.05, 4.69) is 56.9 Å². The molecule has 3 heterocycles. The minimum absolute atomic E-state index is 0.0671. The molecular weight excluding hydrogens is 1000 g/mol. The van der Waals surface area contributed by atoms with Crippen LogP contribution in [0.3, 0.4) is 0 Å². The molecule has 0 unspecified atom stereocenters. The highest BCUT2D eigenvalue weighted by Gasteiger charge is 2.31. The molecule has 1 aliphatic carbocycles. The molecule has 3 aromatic carbocycles. The monoisotopic (exact) mass is 1070 g/mol. The van der Waals surface area contributed by atoms with Crippen molar-refractivity contribution in [3.63, 3.8) is 0 Å². The largest absolute Gasteiger partial charge is 0.444 e. The van der Waals surface area contributed by atoms with Gasteiger partial charge in [0, 0.05) is 48.3 Å². The van der Waals surface area contributed by atoms with E-state index in [4.69, 9.17) is 4.74 Å². The maximum absolute atomic E-state index is 13.9. The van der Waals surface area contributed by atoms with Crippen LogP contribution in [0.1, 0.15) is 119 Å². The van der Waals surface area contributed by atoms with E-state index in [9.17, 15) is 33.9 Å². The standard InChI is InChI=1S/C37H48N6O5S2.C21H24N2O3/c1-24(2)33(42-36(46)43(5)20-29-22-49-35(40-29)25(3)4)34(45)39-28(16-26-12-8-6-9-13-26)18-32(44)31(17-27-14-10-7-11-15-27)41-37(47)48-21-30-19-38-23-50-30;1-4-17-18(19(24)16-10-13(2)9-14(3)11-16)23(21(26)22-20(17)25)12-15-7-5-6-8-15/h6-15,19,22-25,28,31-33,44H,16-18,20-21H2,1-5H3,(H,39,45)(H,41,47)(H,42,46);5-6,9-11,15H,4,7-8,12H2,1-3H3,(H,22,25,26)/t28-,31-,32-,33-;/m0./s1. The molecule has 0 spiro atoms. The summed E-state index contributed by atoms with van der Waals surface area (Å²) in [7, 11) is 1.68. The Kier molecular flexibility index (Phi) is 21.6. The fourth-order valence-electron chi connectivity index (χ4n) is 9.08. The van der Waals surface area contributed by atoms with Crippen LogP contribution >= 0.6 is 22.7 Å². The number of ether oxygens (including phenoxy) is 1. The number of hydrogen-bond donors (Lipinski definition) is 5. The number of H-pyrrole nitrogens is 1. The van der Waals surface area contributed by atoms with Crippen LogP contribution in [-0.2, 0) is 48.5 Å². The minimum atomic E-state index is -1.05. The second-order valence-electron chi connectivity index (χ2n) is 20.1. The second kappa shape index (κ2) is 28.2. The van der Waals surface area contributed by atoms with Crippen molar-refractivity contribution in [1.29, 1.82) is 0 Å². The van der Waals surface area contributed by atoms with Crippen molar-refractivity contribution in [3.05, 3.63) is 184 Å². The molecule has 76 heavy (non-hydrogen) atoms. The number of aryl methyl sites for hydroxylation is 2. The van der Waals surface area contributed by atoms with Gasteiger partial charge in [0.15, 0.2) is 0 Å². The molecule has 5 N–H and O–H groups in total. The molecule has 0 bridgehead atoms. The minimum Gasteiger partial charge on any atom is -0.444 e. The van der Waals surface area contributed by atoms with Crippen LogP contribution < -0.4 is 27.2 Å². The number of aromatic amines is 1. The predicted molar refractivity (Wildman–Crippen MR) is 299 cm³/mol. The number of aliphatic hydroxyl groups excluding tert-OH is 1. The Hall–Kier alpha value is -7.02. The van der Waals surface area contributed by atoms with Gasteiger partial charge in [-0.25, -0.2) is 19.4 Å². The molecule has 0 aliphatic heterocycles. The molecule has 3 aromatic heterocycles. The van der Waals surface area contributed by atoms with Gasteiger partial charge in [-0.15, -0.1) is 22.7 Å². The highest BCUT2D eigenvalue weighted by atomic mass is 32.1. The summed E-state index contributed by atoms with van der Waals surface area (Å²) < 4.78 is 6.90. The average molecular weight is 1070 g/mol. The number of aliphatic hydroxyl groups is 1. The lowest BCUT2D eigenvalue weighted by molar-refractivity contribution is -0.124. The van der Waals surface area contributed by atoms with Crippen LogP contribution in [0.25, 0.3) is 0 Å². The number of thiazole rings is 2. The van der Waals surface area contributed by atoms with Gasteiger partial charge in [0.05, 0.1) is 39.8 Å². The molecule has 0 radical (unpaired) electrons. The van der Waals surface area contributed by atoms with E-state index in [-0.39, 0.29) is 48.3 Å². The molecule has 18 heteroatoms. The Morgan fingerprint density at radius 3 is 2.11 bits per heavy atom. The fourth-order valence-corrected chi connectivity index (χ4v) is 10.4. The first-order chi connectivity index (χ1) is 36.4. The van der Waals surface area contributed by atoms with Crippen molar-refractivity contribution < 1.29 is 29.0 Å². The van der Waals surface area contributed by atoms with Crippen molar-refractivity contribution in [2.45, 2.75) is 137 Å². The first-order valence-electron chi connectivity index (χ1n) is 25.9. The highest BCUT2D eigenvalue weighted by Crippen LogP contribution is 2.23. The van der Waals surface area contributed by atoms with E-state index in [0.29, 0.717) is 49.4 Å². The van der Waals surface area contributed by atoms with Gasteiger partial charge in [0.25, 0.3) is 5.56 Å². The summed E-state index contributed by atoms with van der Waals surface area (Å²) in [6, 6.07) is 22.4. The number of allylic oxidation sites excluding steroid dienone is 2. The number of ketones is 1. The first-order valence-corrected chi connectivity index (χ1v) is 27.6.